The van der Waals surface area contributed by atoms with Crippen molar-refractivity contribution < 1.29 is 43.2 Å². The van der Waals surface area contributed by atoms with Crippen LogP contribution < -0.4 is 20.5 Å². The van der Waals surface area contributed by atoms with Crippen molar-refractivity contribution in [1.29, 1.82) is 0 Å². The SMILES string of the molecule is CCC(=O)NC(CCCCC1CCCCC1)(c1ccc(OP(=O)(O)O)cc1)C(NC(C)=O)(C(=O)O)C(=O)NC. The Hall–Kier alpha value is -2.95. The number of carbonyl (C=O) groups is 4. The van der Waals surface area contributed by atoms with E-state index < -0.39 is 42.6 Å². The van der Waals surface area contributed by atoms with Gasteiger partial charge in [0, 0.05) is 20.4 Å². The smallest absolute Gasteiger partial charge is 0.479 e. The van der Waals surface area contributed by atoms with Crippen molar-refractivity contribution in [1.82, 2.24) is 16.0 Å². The van der Waals surface area contributed by atoms with E-state index in [0.717, 1.165) is 26.2 Å². The van der Waals surface area contributed by atoms with Gasteiger partial charge >= 0.3 is 13.8 Å². The van der Waals surface area contributed by atoms with Gasteiger partial charge in [-0.3, -0.25) is 24.2 Å². The highest BCUT2D eigenvalue weighted by Crippen LogP contribution is 2.42. The first kappa shape index (κ1) is 32.3. The van der Waals surface area contributed by atoms with Crippen molar-refractivity contribution in [2.45, 2.75) is 89.1 Å². The van der Waals surface area contributed by atoms with Crippen LogP contribution in [0.3, 0.4) is 0 Å². The zero-order chi connectivity index (χ0) is 29.3. The van der Waals surface area contributed by atoms with Crippen LogP contribution in [0.25, 0.3) is 0 Å². The summed E-state index contributed by atoms with van der Waals surface area (Å²) in [5, 5.41) is 18.0. The lowest BCUT2D eigenvalue weighted by Crippen LogP contribution is -2.77. The fourth-order valence-corrected chi connectivity index (χ4v) is 5.88. The van der Waals surface area contributed by atoms with Crippen LogP contribution in [0, 0.1) is 5.92 Å². The van der Waals surface area contributed by atoms with Crippen LogP contribution in [-0.2, 0) is 29.3 Å². The van der Waals surface area contributed by atoms with Crippen LogP contribution in [0.2, 0.25) is 0 Å². The normalized spacial score (nSPS) is 17.3. The highest BCUT2D eigenvalue weighted by Gasteiger charge is 2.64. The van der Waals surface area contributed by atoms with Gasteiger partial charge in [-0.25, -0.2) is 9.36 Å². The molecule has 218 valence electrons. The van der Waals surface area contributed by atoms with Gasteiger partial charge in [-0.05, 0) is 30.0 Å². The summed E-state index contributed by atoms with van der Waals surface area (Å²) < 4.78 is 15.9. The summed E-state index contributed by atoms with van der Waals surface area (Å²) in [4.78, 5) is 70.1. The average Bonchev–Trinajstić information content (AvgIpc) is 2.88. The predicted octanol–water partition coefficient (Wildman–Crippen LogP) is 2.73. The summed E-state index contributed by atoms with van der Waals surface area (Å²) in [5.74, 6) is -3.75. The molecule has 1 fully saturated rings. The number of hydrogen-bond donors (Lipinski definition) is 6. The Morgan fingerprint density at radius 1 is 1.03 bits per heavy atom. The maximum Gasteiger partial charge on any atom is 0.524 e. The number of likely N-dealkylation sites (N-methyl/N-ethyl adjacent to an activating group) is 1. The topological polar surface area (TPSA) is 191 Å². The van der Waals surface area contributed by atoms with Gasteiger partial charge < -0.3 is 25.6 Å². The Labute approximate surface area is 228 Å². The number of nitrogens with one attached hydrogen (secondary N) is 3. The zero-order valence-electron chi connectivity index (χ0n) is 22.7. The van der Waals surface area contributed by atoms with Gasteiger partial charge in [-0.15, -0.1) is 0 Å². The van der Waals surface area contributed by atoms with Gasteiger partial charge in [-0.2, -0.15) is 0 Å². The molecule has 2 unspecified atom stereocenters. The number of carbonyl (C=O) groups excluding carboxylic acids is 3. The Morgan fingerprint density at radius 3 is 2.13 bits per heavy atom. The van der Waals surface area contributed by atoms with Crippen LogP contribution in [-0.4, -0.2) is 51.2 Å². The Kier molecular flexibility index (Phi) is 11.5. The number of hydrogen-bond acceptors (Lipinski definition) is 6. The van der Waals surface area contributed by atoms with Gasteiger partial charge in [0.1, 0.15) is 11.3 Å². The first-order valence-corrected chi connectivity index (χ1v) is 14.7. The van der Waals surface area contributed by atoms with E-state index in [1.165, 1.54) is 50.6 Å². The molecule has 1 aromatic carbocycles. The largest absolute Gasteiger partial charge is 0.524 e. The second-order valence-corrected chi connectivity index (χ2v) is 11.1. The molecular weight excluding hydrogens is 529 g/mol. The lowest BCUT2D eigenvalue weighted by atomic mass is 9.67. The number of carboxylic acid groups (broad SMARTS) is 1. The summed E-state index contributed by atoms with van der Waals surface area (Å²) in [7, 11) is -3.65. The molecule has 0 radical (unpaired) electrons. The number of benzene rings is 1. The van der Waals surface area contributed by atoms with Crippen LogP contribution >= 0.6 is 7.82 Å². The Morgan fingerprint density at radius 2 is 1.64 bits per heavy atom. The minimum atomic E-state index is -4.88. The van der Waals surface area contributed by atoms with E-state index in [1.54, 1.807) is 6.92 Å². The van der Waals surface area contributed by atoms with Gasteiger partial charge in [0.05, 0.1) is 0 Å². The quantitative estimate of drug-likeness (QED) is 0.111. The lowest BCUT2D eigenvalue weighted by molar-refractivity contribution is -0.160. The molecule has 0 aliphatic heterocycles. The zero-order valence-corrected chi connectivity index (χ0v) is 23.6. The summed E-state index contributed by atoms with van der Waals surface area (Å²) in [6.07, 6.45) is 7.80. The highest BCUT2D eigenvalue weighted by atomic mass is 31.2. The van der Waals surface area contributed by atoms with Gasteiger partial charge in [-0.1, -0.05) is 70.4 Å². The van der Waals surface area contributed by atoms with Gasteiger partial charge in [0.25, 0.3) is 5.91 Å². The molecule has 39 heavy (non-hydrogen) atoms. The number of rotatable bonds is 14. The van der Waals surface area contributed by atoms with Crippen LogP contribution in [0.1, 0.15) is 83.6 Å². The van der Waals surface area contributed by atoms with Crippen molar-refractivity contribution in [3.63, 3.8) is 0 Å². The molecule has 0 aromatic heterocycles. The molecule has 13 heteroatoms. The molecule has 0 bridgehead atoms. The molecule has 1 aliphatic carbocycles. The van der Waals surface area contributed by atoms with Crippen molar-refractivity contribution in [3.05, 3.63) is 29.8 Å². The molecular formula is C26H40N3O9P. The van der Waals surface area contributed by atoms with E-state index >= 15 is 0 Å². The third-order valence-corrected chi connectivity index (χ3v) is 7.73. The summed E-state index contributed by atoms with van der Waals surface area (Å²) in [5.41, 5.74) is -4.49. The Balaban J connectivity index is 2.69. The monoisotopic (exact) mass is 569 g/mol. The first-order valence-electron chi connectivity index (χ1n) is 13.2. The molecule has 1 saturated carbocycles. The summed E-state index contributed by atoms with van der Waals surface area (Å²) in [6, 6.07) is 5.05. The standard InChI is InChI=1S/C26H40N3O9P/c1-4-22(31)29-25(17-9-8-12-19-10-6-5-7-11-19,20-13-15-21(16-14-20)38-39(35,36)37)26(24(33)34,23(32)27-3)28-18(2)30/h13-16,19H,4-12,17H2,1-3H3,(H,27,32)(H,28,30)(H,29,31)(H,33,34)(H2,35,36,37). The van der Waals surface area contributed by atoms with E-state index in [0.29, 0.717) is 18.8 Å². The van der Waals surface area contributed by atoms with Crippen molar-refractivity contribution in [2.75, 3.05) is 7.05 Å². The molecule has 0 saturated heterocycles. The highest BCUT2D eigenvalue weighted by molar-refractivity contribution is 7.46. The maximum atomic E-state index is 13.4. The molecule has 0 heterocycles. The average molecular weight is 570 g/mol. The number of amides is 3. The number of phosphoric acid groups is 1. The van der Waals surface area contributed by atoms with E-state index in [4.69, 9.17) is 9.79 Å². The molecule has 6 N–H and O–H groups in total. The third kappa shape index (κ3) is 8.03. The fourth-order valence-electron chi connectivity index (χ4n) is 5.48. The van der Waals surface area contributed by atoms with Gasteiger partial charge in [0.2, 0.25) is 17.4 Å². The molecule has 0 spiro atoms. The van der Waals surface area contributed by atoms with Crippen LogP contribution in [0.5, 0.6) is 5.75 Å². The molecule has 2 rings (SSSR count). The number of carboxylic acids is 1. The van der Waals surface area contributed by atoms with E-state index in [9.17, 15) is 28.8 Å². The molecule has 1 aliphatic rings. The first-order chi connectivity index (χ1) is 18.3. The van der Waals surface area contributed by atoms with Crippen molar-refractivity contribution in [3.8, 4) is 5.75 Å². The lowest BCUT2D eigenvalue weighted by Gasteiger charge is -2.47. The second-order valence-electron chi connectivity index (χ2n) is 9.98. The molecule has 3 amide bonds. The number of unbranched alkanes of at least 4 members (excludes halogenated alkanes) is 1. The molecule has 12 nitrogen and oxygen atoms in total. The summed E-state index contributed by atoms with van der Waals surface area (Å²) in [6.45, 7) is 2.65. The number of aliphatic carboxylic acids is 1. The minimum Gasteiger partial charge on any atom is -0.479 e. The van der Waals surface area contributed by atoms with E-state index in [-0.39, 0.29) is 24.2 Å². The predicted molar refractivity (Wildman–Crippen MR) is 143 cm³/mol. The van der Waals surface area contributed by atoms with Gasteiger partial charge in [0.15, 0.2) is 0 Å². The summed E-state index contributed by atoms with van der Waals surface area (Å²) >= 11 is 0. The van der Waals surface area contributed by atoms with E-state index in [1.807, 2.05) is 0 Å². The molecule has 1 aromatic rings. The fraction of sp³-hybridized carbons (Fsp3) is 0.615. The van der Waals surface area contributed by atoms with E-state index in [2.05, 4.69) is 20.5 Å². The maximum absolute atomic E-state index is 13.4. The Bertz CT molecular complexity index is 1070. The molecule has 2 atom stereocenters. The minimum absolute atomic E-state index is 0.0237. The third-order valence-electron chi connectivity index (χ3n) is 7.28. The van der Waals surface area contributed by atoms with Crippen LogP contribution in [0.15, 0.2) is 24.3 Å². The number of phosphoric ester groups is 1. The van der Waals surface area contributed by atoms with Crippen molar-refractivity contribution >= 4 is 31.5 Å². The van der Waals surface area contributed by atoms with Crippen molar-refractivity contribution in [2.24, 2.45) is 5.92 Å². The van der Waals surface area contributed by atoms with Crippen LogP contribution in [0.4, 0.5) is 0 Å². The second kappa shape index (κ2) is 13.9.